The SMILES string of the molecule is C/C=C\C(=C/CC)c1cc(-c2nc(-c3ccccc3)nc(-c3ccccc3)n2)ccc1F.CC. The number of nitrogens with zero attached hydrogens (tertiary/aromatic N) is 3. The molecule has 1 heterocycles. The first kappa shape index (κ1) is 24.7. The first-order valence-electron chi connectivity index (χ1n) is 11.7. The Morgan fingerprint density at radius 2 is 1.24 bits per heavy atom. The van der Waals surface area contributed by atoms with Gasteiger partial charge in [-0.1, -0.05) is 99.7 Å². The molecule has 4 heteroatoms. The summed E-state index contributed by atoms with van der Waals surface area (Å²) in [5.74, 6) is 1.40. The van der Waals surface area contributed by atoms with Gasteiger partial charge in [-0.05, 0) is 37.1 Å². The van der Waals surface area contributed by atoms with E-state index in [0.717, 1.165) is 28.7 Å². The summed E-state index contributed by atoms with van der Waals surface area (Å²) in [6.45, 7) is 7.96. The van der Waals surface area contributed by atoms with Crippen molar-refractivity contribution in [2.45, 2.75) is 34.1 Å². The van der Waals surface area contributed by atoms with Crippen LogP contribution in [0.2, 0.25) is 0 Å². The van der Waals surface area contributed by atoms with Gasteiger partial charge in [0.25, 0.3) is 0 Å². The highest BCUT2D eigenvalue weighted by atomic mass is 19.1. The predicted molar refractivity (Wildman–Crippen MR) is 141 cm³/mol. The van der Waals surface area contributed by atoms with Gasteiger partial charge >= 0.3 is 0 Å². The van der Waals surface area contributed by atoms with E-state index in [-0.39, 0.29) is 5.82 Å². The highest BCUT2D eigenvalue weighted by Gasteiger charge is 2.14. The zero-order valence-corrected chi connectivity index (χ0v) is 20.2. The van der Waals surface area contributed by atoms with Gasteiger partial charge in [-0.2, -0.15) is 0 Å². The molecule has 0 fully saturated rings. The molecule has 0 bridgehead atoms. The molecule has 4 aromatic rings. The van der Waals surface area contributed by atoms with E-state index in [1.807, 2.05) is 113 Å². The quantitative estimate of drug-likeness (QED) is 0.276. The van der Waals surface area contributed by atoms with E-state index in [1.54, 1.807) is 6.07 Å². The summed E-state index contributed by atoms with van der Waals surface area (Å²) in [5, 5.41) is 0. The van der Waals surface area contributed by atoms with Crippen LogP contribution in [0.4, 0.5) is 4.39 Å². The van der Waals surface area contributed by atoms with E-state index in [1.165, 1.54) is 6.07 Å². The van der Waals surface area contributed by atoms with E-state index < -0.39 is 0 Å². The van der Waals surface area contributed by atoms with Crippen molar-refractivity contribution in [2.24, 2.45) is 0 Å². The average Bonchev–Trinajstić information content (AvgIpc) is 2.91. The zero-order chi connectivity index (χ0) is 24.3. The Morgan fingerprint density at radius 1 is 0.735 bits per heavy atom. The van der Waals surface area contributed by atoms with Crippen molar-refractivity contribution in [3.8, 4) is 34.2 Å². The van der Waals surface area contributed by atoms with E-state index >= 15 is 0 Å². The number of aromatic nitrogens is 3. The van der Waals surface area contributed by atoms with Crippen molar-refractivity contribution in [1.29, 1.82) is 0 Å². The van der Waals surface area contributed by atoms with Gasteiger partial charge in [0.2, 0.25) is 0 Å². The largest absolute Gasteiger partial charge is 0.208 e. The first-order chi connectivity index (χ1) is 16.7. The van der Waals surface area contributed by atoms with Crippen molar-refractivity contribution < 1.29 is 4.39 Å². The van der Waals surface area contributed by atoms with Crippen LogP contribution >= 0.6 is 0 Å². The first-order valence-corrected chi connectivity index (χ1v) is 11.7. The molecule has 0 spiro atoms. The van der Waals surface area contributed by atoms with Crippen LogP contribution in [0.3, 0.4) is 0 Å². The maximum absolute atomic E-state index is 14.7. The van der Waals surface area contributed by atoms with Crippen LogP contribution in [-0.2, 0) is 0 Å². The van der Waals surface area contributed by atoms with Gasteiger partial charge in [-0.3, -0.25) is 0 Å². The number of hydrogen-bond acceptors (Lipinski definition) is 3. The van der Waals surface area contributed by atoms with Crippen molar-refractivity contribution in [3.63, 3.8) is 0 Å². The second-order valence-electron chi connectivity index (χ2n) is 7.30. The van der Waals surface area contributed by atoms with Gasteiger partial charge in [0, 0.05) is 22.3 Å². The standard InChI is InChI=1S/C28H24FN3.C2H6/c1-3-11-20(12-4-2)24-19-23(17-18-25(24)29)28-31-26(21-13-7-5-8-14-21)30-27(32-28)22-15-9-6-10-16-22;1-2/h3,5-19H,4H2,1-2H3;1-2H3/b11-3-,20-12+;. The Hall–Kier alpha value is -3.92. The number of allylic oxidation sites excluding steroid dienone is 4. The van der Waals surface area contributed by atoms with Crippen LogP contribution in [0.5, 0.6) is 0 Å². The molecule has 0 aliphatic carbocycles. The molecule has 0 unspecified atom stereocenters. The minimum absolute atomic E-state index is 0.271. The van der Waals surface area contributed by atoms with Crippen LogP contribution in [0.1, 0.15) is 39.7 Å². The van der Waals surface area contributed by atoms with Crippen LogP contribution in [-0.4, -0.2) is 15.0 Å². The second-order valence-corrected chi connectivity index (χ2v) is 7.30. The Kier molecular flexibility index (Phi) is 8.98. The summed E-state index contributed by atoms with van der Waals surface area (Å²) in [6.07, 6.45) is 6.66. The summed E-state index contributed by atoms with van der Waals surface area (Å²) in [4.78, 5) is 14.2. The average molecular weight is 452 g/mol. The highest BCUT2D eigenvalue weighted by molar-refractivity contribution is 5.77. The minimum Gasteiger partial charge on any atom is -0.208 e. The van der Waals surface area contributed by atoms with Crippen LogP contribution in [0, 0.1) is 5.82 Å². The lowest BCUT2D eigenvalue weighted by molar-refractivity contribution is 0.624. The summed E-state index contributed by atoms with van der Waals surface area (Å²) >= 11 is 0. The highest BCUT2D eigenvalue weighted by Crippen LogP contribution is 2.28. The van der Waals surface area contributed by atoms with E-state index in [0.29, 0.717) is 23.0 Å². The maximum atomic E-state index is 14.7. The number of hydrogen-bond donors (Lipinski definition) is 0. The Bertz CT molecular complexity index is 1210. The van der Waals surface area contributed by atoms with Gasteiger partial charge in [0.15, 0.2) is 17.5 Å². The molecule has 0 saturated carbocycles. The molecule has 172 valence electrons. The number of halogens is 1. The van der Waals surface area contributed by atoms with Crippen LogP contribution in [0.15, 0.2) is 97.1 Å². The molecule has 3 aromatic carbocycles. The molecule has 0 aliphatic rings. The van der Waals surface area contributed by atoms with Gasteiger partial charge < -0.3 is 0 Å². The summed E-state index contributed by atoms with van der Waals surface area (Å²) in [7, 11) is 0. The molecule has 1 aromatic heterocycles. The molecule has 0 saturated heterocycles. The van der Waals surface area contributed by atoms with Crippen LogP contribution in [0.25, 0.3) is 39.7 Å². The molecular formula is C30H30FN3. The van der Waals surface area contributed by atoms with Gasteiger partial charge in [-0.15, -0.1) is 0 Å². The smallest absolute Gasteiger partial charge is 0.164 e. The molecule has 0 atom stereocenters. The van der Waals surface area contributed by atoms with Crippen molar-refractivity contribution in [3.05, 3.63) is 108 Å². The normalized spacial score (nSPS) is 11.3. The molecule has 0 radical (unpaired) electrons. The Balaban J connectivity index is 0.00000158. The van der Waals surface area contributed by atoms with Gasteiger partial charge in [-0.25, -0.2) is 19.3 Å². The fourth-order valence-corrected chi connectivity index (χ4v) is 3.49. The van der Waals surface area contributed by atoms with Gasteiger partial charge in [0.05, 0.1) is 0 Å². The monoisotopic (exact) mass is 451 g/mol. The lowest BCUT2D eigenvalue weighted by atomic mass is 10.0. The van der Waals surface area contributed by atoms with Crippen molar-refractivity contribution in [2.75, 3.05) is 0 Å². The van der Waals surface area contributed by atoms with E-state index in [4.69, 9.17) is 15.0 Å². The minimum atomic E-state index is -0.271. The topological polar surface area (TPSA) is 38.7 Å². The number of rotatable bonds is 6. The van der Waals surface area contributed by atoms with Crippen LogP contribution < -0.4 is 0 Å². The third kappa shape index (κ3) is 5.90. The van der Waals surface area contributed by atoms with Crippen molar-refractivity contribution >= 4 is 5.57 Å². The molecule has 0 N–H and O–H groups in total. The summed E-state index contributed by atoms with van der Waals surface area (Å²) in [5.41, 5.74) is 3.91. The Morgan fingerprint density at radius 3 is 1.71 bits per heavy atom. The third-order valence-electron chi connectivity index (χ3n) is 5.01. The van der Waals surface area contributed by atoms with Gasteiger partial charge in [0.1, 0.15) is 5.82 Å². The second kappa shape index (κ2) is 12.4. The number of benzene rings is 3. The lowest BCUT2D eigenvalue weighted by Gasteiger charge is -2.10. The summed E-state index contributed by atoms with van der Waals surface area (Å²) in [6, 6.07) is 24.6. The molecule has 34 heavy (non-hydrogen) atoms. The third-order valence-corrected chi connectivity index (χ3v) is 5.01. The summed E-state index contributed by atoms with van der Waals surface area (Å²) < 4.78 is 14.7. The Labute approximate surface area is 201 Å². The van der Waals surface area contributed by atoms with E-state index in [2.05, 4.69) is 0 Å². The van der Waals surface area contributed by atoms with E-state index in [9.17, 15) is 4.39 Å². The predicted octanol–water partition coefficient (Wildman–Crippen LogP) is 8.41. The van der Waals surface area contributed by atoms with Crippen molar-refractivity contribution in [1.82, 2.24) is 15.0 Å². The lowest BCUT2D eigenvalue weighted by Crippen LogP contribution is -2.01. The fourth-order valence-electron chi connectivity index (χ4n) is 3.49. The fraction of sp³-hybridized carbons (Fsp3) is 0.167. The molecule has 0 amide bonds. The molecule has 0 aliphatic heterocycles. The zero-order valence-electron chi connectivity index (χ0n) is 20.2. The molecule has 3 nitrogen and oxygen atoms in total. The molecule has 4 rings (SSSR count). The maximum Gasteiger partial charge on any atom is 0.164 e. The molecular weight excluding hydrogens is 421 g/mol.